The summed E-state index contributed by atoms with van der Waals surface area (Å²) >= 11 is 0. The van der Waals surface area contributed by atoms with Gasteiger partial charge in [-0.2, -0.15) is 10.1 Å². The maximum atomic E-state index is 15.4. The zero-order valence-corrected chi connectivity index (χ0v) is 24.3. The van der Waals surface area contributed by atoms with Gasteiger partial charge in [-0.3, -0.25) is 9.48 Å². The molecule has 0 bridgehead atoms. The minimum absolute atomic E-state index is 0.0645. The Morgan fingerprint density at radius 1 is 1.02 bits per heavy atom. The summed E-state index contributed by atoms with van der Waals surface area (Å²) in [6.45, 7) is 6.61. The van der Waals surface area contributed by atoms with Crippen LogP contribution >= 0.6 is 0 Å². The van der Waals surface area contributed by atoms with Crippen molar-refractivity contribution >= 4 is 40.4 Å². The number of likely N-dealkylation sites (N-methyl/N-ethyl adjacent to an activating group) is 1. The number of benzene rings is 2. The Balaban J connectivity index is 1.48. The Labute approximate surface area is 249 Å². The van der Waals surface area contributed by atoms with E-state index in [2.05, 4.69) is 47.4 Å². The summed E-state index contributed by atoms with van der Waals surface area (Å²) in [6.07, 6.45) is 9.41. The molecule has 0 saturated carbocycles. The number of nitrogens with zero attached hydrogens (tertiary/aromatic N) is 6. The number of piperidine rings is 1. The van der Waals surface area contributed by atoms with Crippen LogP contribution in [0.5, 0.6) is 0 Å². The molecule has 1 saturated heterocycles. The lowest BCUT2D eigenvalue weighted by atomic mass is 10.0. The first-order valence-corrected chi connectivity index (χ1v) is 14.1. The number of halogens is 2. The van der Waals surface area contributed by atoms with Crippen molar-refractivity contribution < 1.29 is 13.6 Å². The Morgan fingerprint density at radius 3 is 2.58 bits per heavy atom. The smallest absolute Gasteiger partial charge is 0.247 e. The molecule has 3 N–H and O–H groups in total. The topological polar surface area (TPSA) is 103 Å². The van der Waals surface area contributed by atoms with Crippen LogP contribution in [-0.2, 0) is 11.3 Å². The SMILES string of the molecule is C=CC(=O)Nc1ccc(F)c(Nc2nc(Nc3cnn(CCN(C)C)c3)ncc2-c2ccc(N3CCCCC3)c(F)c2)c1. The Kier molecular flexibility index (Phi) is 9.26. The number of amides is 1. The number of hydrogen-bond acceptors (Lipinski definition) is 8. The fourth-order valence-corrected chi connectivity index (χ4v) is 4.82. The van der Waals surface area contributed by atoms with E-state index in [-0.39, 0.29) is 23.3 Å². The second-order valence-corrected chi connectivity index (χ2v) is 10.6. The van der Waals surface area contributed by atoms with E-state index in [1.54, 1.807) is 23.1 Å². The van der Waals surface area contributed by atoms with E-state index in [1.807, 2.05) is 26.4 Å². The molecular formula is C31H35F2N9O. The summed E-state index contributed by atoms with van der Waals surface area (Å²) in [7, 11) is 3.98. The molecule has 0 spiro atoms. The Morgan fingerprint density at radius 2 is 1.84 bits per heavy atom. The molecule has 4 aromatic rings. The standard InChI is InChI=1S/C31H35F2N9O/c1-4-29(43)36-22-9-10-25(32)27(17-22)38-30-24(21-8-11-28(26(33)16-21)41-12-6-5-7-13-41)19-34-31(39-30)37-23-18-35-42(20-23)15-14-40(2)3/h4,8-11,16-20H,1,5-7,12-15H2,2-3H3,(H,36,43)(H2,34,37,38,39). The predicted octanol–water partition coefficient (Wildman–Crippen LogP) is 5.78. The number of carbonyl (C=O) groups is 1. The molecule has 224 valence electrons. The molecule has 10 nitrogen and oxygen atoms in total. The molecule has 5 rings (SSSR count). The van der Waals surface area contributed by atoms with E-state index in [9.17, 15) is 9.18 Å². The van der Waals surface area contributed by atoms with E-state index < -0.39 is 11.7 Å². The summed E-state index contributed by atoms with van der Waals surface area (Å²) in [5.74, 6) is -0.862. The molecule has 43 heavy (non-hydrogen) atoms. The van der Waals surface area contributed by atoms with Crippen molar-refractivity contribution in [1.29, 1.82) is 0 Å². The number of rotatable bonds is 11. The van der Waals surface area contributed by atoms with Crippen molar-refractivity contribution in [3.63, 3.8) is 0 Å². The van der Waals surface area contributed by atoms with Crippen molar-refractivity contribution in [2.75, 3.05) is 54.6 Å². The summed E-state index contributed by atoms with van der Waals surface area (Å²) < 4.78 is 32.2. The van der Waals surface area contributed by atoms with Crippen molar-refractivity contribution in [3.8, 4) is 11.1 Å². The fraction of sp³-hybridized carbons (Fsp3) is 0.290. The van der Waals surface area contributed by atoms with Crippen molar-refractivity contribution in [3.05, 3.63) is 79.3 Å². The predicted molar refractivity (Wildman–Crippen MR) is 166 cm³/mol. The first kappa shape index (κ1) is 29.6. The van der Waals surface area contributed by atoms with Gasteiger partial charge in [0.25, 0.3) is 0 Å². The van der Waals surface area contributed by atoms with E-state index in [4.69, 9.17) is 0 Å². The Hall–Kier alpha value is -4.84. The van der Waals surface area contributed by atoms with Crippen molar-refractivity contribution in [1.82, 2.24) is 24.6 Å². The fourth-order valence-electron chi connectivity index (χ4n) is 4.82. The van der Waals surface area contributed by atoms with E-state index in [0.717, 1.165) is 45.0 Å². The van der Waals surface area contributed by atoms with Crippen LogP contribution in [0.2, 0.25) is 0 Å². The summed E-state index contributed by atoms with van der Waals surface area (Å²) in [5.41, 5.74) is 2.66. The molecule has 2 aromatic heterocycles. The number of aromatic nitrogens is 4. The van der Waals surface area contributed by atoms with Crippen LogP contribution in [0.25, 0.3) is 11.1 Å². The van der Waals surface area contributed by atoms with Gasteiger partial charge in [-0.15, -0.1) is 0 Å². The number of carbonyl (C=O) groups excluding carboxylic acids is 1. The summed E-state index contributed by atoms with van der Waals surface area (Å²) in [4.78, 5) is 25.0. The molecule has 1 aliphatic rings. The molecule has 0 aliphatic carbocycles. The molecule has 0 radical (unpaired) electrons. The van der Waals surface area contributed by atoms with Crippen LogP contribution in [0.15, 0.2) is 67.6 Å². The van der Waals surface area contributed by atoms with Crippen LogP contribution in [0.4, 0.5) is 43.3 Å². The van der Waals surface area contributed by atoms with Gasteiger partial charge in [0.15, 0.2) is 0 Å². The van der Waals surface area contributed by atoms with Gasteiger partial charge >= 0.3 is 0 Å². The van der Waals surface area contributed by atoms with Gasteiger partial charge in [-0.25, -0.2) is 13.8 Å². The molecule has 1 aliphatic heterocycles. The van der Waals surface area contributed by atoms with Crippen LogP contribution < -0.4 is 20.9 Å². The van der Waals surface area contributed by atoms with Crippen LogP contribution in [0, 0.1) is 11.6 Å². The molecule has 0 unspecified atom stereocenters. The first-order valence-electron chi connectivity index (χ1n) is 14.1. The van der Waals surface area contributed by atoms with Crippen molar-refractivity contribution in [2.24, 2.45) is 0 Å². The maximum absolute atomic E-state index is 15.4. The molecule has 1 amide bonds. The average Bonchev–Trinajstić information content (AvgIpc) is 3.45. The van der Waals surface area contributed by atoms with Gasteiger partial charge in [-0.05, 0) is 75.3 Å². The second kappa shape index (κ2) is 13.4. The quantitative estimate of drug-likeness (QED) is 0.190. The van der Waals surface area contributed by atoms with Gasteiger partial charge in [0.2, 0.25) is 11.9 Å². The highest BCUT2D eigenvalue weighted by atomic mass is 19.1. The number of nitrogens with one attached hydrogen (secondary N) is 3. The normalized spacial score (nSPS) is 13.2. The summed E-state index contributed by atoms with van der Waals surface area (Å²) in [6, 6.07) is 9.15. The third-order valence-corrected chi connectivity index (χ3v) is 7.08. The van der Waals surface area contributed by atoms with Gasteiger partial charge in [-0.1, -0.05) is 12.6 Å². The zero-order chi connectivity index (χ0) is 30.3. The van der Waals surface area contributed by atoms with Gasteiger partial charge < -0.3 is 25.8 Å². The third-order valence-electron chi connectivity index (χ3n) is 7.08. The molecule has 0 atom stereocenters. The minimum atomic E-state index is -0.565. The molecule has 12 heteroatoms. The van der Waals surface area contributed by atoms with Gasteiger partial charge in [0.05, 0.1) is 29.8 Å². The number of anilines is 6. The number of hydrogen-bond donors (Lipinski definition) is 3. The van der Waals surface area contributed by atoms with Gasteiger partial charge in [0.1, 0.15) is 17.5 Å². The van der Waals surface area contributed by atoms with E-state index in [0.29, 0.717) is 34.7 Å². The van der Waals surface area contributed by atoms with Crippen molar-refractivity contribution in [2.45, 2.75) is 25.8 Å². The molecular weight excluding hydrogens is 552 g/mol. The van der Waals surface area contributed by atoms with E-state index in [1.165, 1.54) is 24.3 Å². The largest absolute Gasteiger partial charge is 0.369 e. The highest BCUT2D eigenvalue weighted by Crippen LogP contribution is 2.34. The Bertz CT molecular complexity index is 1600. The lowest BCUT2D eigenvalue weighted by molar-refractivity contribution is -0.111. The van der Waals surface area contributed by atoms with E-state index >= 15 is 4.39 Å². The molecule has 3 heterocycles. The molecule has 2 aromatic carbocycles. The average molecular weight is 588 g/mol. The minimum Gasteiger partial charge on any atom is -0.369 e. The monoisotopic (exact) mass is 587 g/mol. The van der Waals surface area contributed by atoms with Crippen LogP contribution in [0.3, 0.4) is 0 Å². The summed E-state index contributed by atoms with van der Waals surface area (Å²) in [5, 5.41) is 13.2. The van der Waals surface area contributed by atoms with Gasteiger partial charge in [0, 0.05) is 43.3 Å². The molecule has 1 fully saturated rings. The van der Waals surface area contributed by atoms with Crippen LogP contribution in [-0.4, -0.2) is 64.3 Å². The third kappa shape index (κ3) is 7.52. The zero-order valence-electron chi connectivity index (χ0n) is 24.3. The lowest BCUT2D eigenvalue weighted by Gasteiger charge is -2.29. The van der Waals surface area contributed by atoms with Crippen LogP contribution in [0.1, 0.15) is 19.3 Å². The highest BCUT2D eigenvalue weighted by molar-refractivity contribution is 5.99. The first-order chi connectivity index (χ1) is 20.8. The maximum Gasteiger partial charge on any atom is 0.247 e. The lowest BCUT2D eigenvalue weighted by Crippen LogP contribution is -2.30. The highest BCUT2D eigenvalue weighted by Gasteiger charge is 2.18. The second-order valence-electron chi connectivity index (χ2n) is 10.6.